The van der Waals surface area contributed by atoms with Gasteiger partial charge in [0.1, 0.15) is 16.9 Å². The van der Waals surface area contributed by atoms with Crippen LogP contribution in [0.5, 0.6) is 11.5 Å². The Balaban J connectivity index is 1.83. The van der Waals surface area contributed by atoms with Gasteiger partial charge in [-0.3, -0.25) is 0 Å². The Morgan fingerprint density at radius 2 is 1.96 bits per heavy atom. The van der Waals surface area contributed by atoms with Gasteiger partial charge < -0.3 is 19.7 Å². The summed E-state index contributed by atoms with van der Waals surface area (Å²) in [6.45, 7) is 0.459. The lowest BCUT2D eigenvalue weighted by atomic mass is 10.1. The largest absolute Gasteiger partial charge is 0.497 e. The third-order valence-electron chi connectivity index (χ3n) is 4.30. The first kappa shape index (κ1) is 20.2. The van der Waals surface area contributed by atoms with Crippen LogP contribution in [0.2, 0.25) is 0 Å². The molecule has 1 fully saturated rings. The van der Waals surface area contributed by atoms with Crippen molar-refractivity contribution in [1.29, 1.82) is 0 Å². The van der Waals surface area contributed by atoms with Crippen LogP contribution in [0.25, 0.3) is 0 Å². The van der Waals surface area contributed by atoms with Crippen LogP contribution in [0.1, 0.15) is 16.5 Å². The SMILES string of the molecule is COc1ccc(OC)c(C2SCCN2C(=O)Nc2cccc(C(F)(F)F)c2)c1. The summed E-state index contributed by atoms with van der Waals surface area (Å²) in [5, 5.41) is 2.23. The van der Waals surface area contributed by atoms with Crippen LogP contribution in [-0.4, -0.2) is 37.4 Å². The van der Waals surface area contributed by atoms with Gasteiger partial charge in [0.2, 0.25) is 0 Å². The summed E-state index contributed by atoms with van der Waals surface area (Å²) in [6, 6.07) is 9.42. The third kappa shape index (κ3) is 4.30. The van der Waals surface area contributed by atoms with Crippen molar-refractivity contribution < 1.29 is 27.4 Å². The zero-order valence-electron chi connectivity index (χ0n) is 15.2. The lowest BCUT2D eigenvalue weighted by molar-refractivity contribution is -0.137. The first-order valence-electron chi connectivity index (χ1n) is 8.42. The number of methoxy groups -OCH3 is 2. The van der Waals surface area contributed by atoms with Gasteiger partial charge in [0.15, 0.2) is 0 Å². The van der Waals surface area contributed by atoms with E-state index in [1.807, 2.05) is 0 Å². The van der Waals surface area contributed by atoms with Crippen molar-refractivity contribution in [3.63, 3.8) is 0 Å². The maximum Gasteiger partial charge on any atom is 0.416 e. The van der Waals surface area contributed by atoms with E-state index in [0.29, 0.717) is 23.8 Å². The monoisotopic (exact) mass is 412 g/mol. The van der Waals surface area contributed by atoms with Crippen LogP contribution < -0.4 is 14.8 Å². The number of hydrogen-bond acceptors (Lipinski definition) is 4. The maximum absolute atomic E-state index is 12.9. The smallest absolute Gasteiger partial charge is 0.416 e. The van der Waals surface area contributed by atoms with Crippen LogP contribution in [-0.2, 0) is 6.18 Å². The molecule has 0 radical (unpaired) electrons. The molecular formula is C19H19F3N2O3S. The Labute approximate surface area is 164 Å². The van der Waals surface area contributed by atoms with Gasteiger partial charge in [-0.15, -0.1) is 11.8 Å². The predicted octanol–water partition coefficient (Wildman–Crippen LogP) is 5.00. The fourth-order valence-electron chi connectivity index (χ4n) is 2.94. The number of hydrogen-bond donors (Lipinski definition) is 1. The van der Waals surface area contributed by atoms with E-state index < -0.39 is 17.8 Å². The summed E-state index contributed by atoms with van der Waals surface area (Å²) in [4.78, 5) is 14.3. The summed E-state index contributed by atoms with van der Waals surface area (Å²) in [5.74, 6) is 1.93. The van der Waals surface area contributed by atoms with Gasteiger partial charge in [-0.1, -0.05) is 6.07 Å². The Bertz CT molecular complexity index is 861. The molecule has 0 spiro atoms. The van der Waals surface area contributed by atoms with Gasteiger partial charge in [-0.2, -0.15) is 13.2 Å². The number of carbonyl (C=O) groups is 1. The van der Waals surface area contributed by atoms with E-state index in [4.69, 9.17) is 9.47 Å². The standard InChI is InChI=1S/C19H19F3N2O3S/c1-26-14-6-7-16(27-2)15(11-14)17-24(8-9-28-17)18(25)23-13-5-3-4-12(10-13)19(20,21)22/h3-7,10-11,17H,8-9H2,1-2H3,(H,23,25). The highest BCUT2D eigenvalue weighted by molar-refractivity contribution is 7.99. The first-order chi connectivity index (χ1) is 13.3. The van der Waals surface area contributed by atoms with Crippen molar-refractivity contribution in [2.24, 2.45) is 0 Å². The highest BCUT2D eigenvalue weighted by Crippen LogP contribution is 2.43. The van der Waals surface area contributed by atoms with Crippen molar-refractivity contribution in [3.8, 4) is 11.5 Å². The average molecular weight is 412 g/mol. The predicted molar refractivity (Wildman–Crippen MR) is 102 cm³/mol. The molecule has 5 nitrogen and oxygen atoms in total. The molecule has 1 atom stereocenters. The molecular weight excluding hydrogens is 393 g/mol. The molecule has 9 heteroatoms. The van der Waals surface area contributed by atoms with Gasteiger partial charge >= 0.3 is 12.2 Å². The number of ether oxygens (including phenoxy) is 2. The fourth-order valence-corrected chi connectivity index (χ4v) is 4.21. The minimum Gasteiger partial charge on any atom is -0.497 e. The number of halogens is 3. The number of benzene rings is 2. The van der Waals surface area contributed by atoms with Crippen molar-refractivity contribution in [2.75, 3.05) is 31.8 Å². The van der Waals surface area contributed by atoms with Gasteiger partial charge in [0.25, 0.3) is 0 Å². The number of amides is 2. The van der Waals surface area contributed by atoms with Crippen LogP contribution >= 0.6 is 11.8 Å². The minimum atomic E-state index is -4.47. The number of anilines is 1. The van der Waals surface area contributed by atoms with E-state index in [9.17, 15) is 18.0 Å². The summed E-state index contributed by atoms with van der Waals surface area (Å²) < 4.78 is 49.3. The van der Waals surface area contributed by atoms with E-state index in [1.54, 1.807) is 42.0 Å². The van der Waals surface area contributed by atoms with Crippen molar-refractivity contribution in [3.05, 3.63) is 53.6 Å². The lowest BCUT2D eigenvalue weighted by Crippen LogP contribution is -2.34. The molecule has 28 heavy (non-hydrogen) atoms. The molecule has 1 heterocycles. The number of nitrogens with one attached hydrogen (secondary N) is 1. The van der Waals surface area contributed by atoms with E-state index >= 15 is 0 Å². The summed E-state index contributed by atoms with van der Waals surface area (Å²) in [5.41, 5.74) is 0.0451. The van der Waals surface area contributed by atoms with Gasteiger partial charge in [-0.05, 0) is 36.4 Å². The van der Waals surface area contributed by atoms with Crippen LogP contribution in [0.4, 0.5) is 23.7 Å². The molecule has 0 aromatic heterocycles. The number of alkyl halides is 3. The Kier molecular flexibility index (Phi) is 5.93. The summed E-state index contributed by atoms with van der Waals surface area (Å²) in [7, 11) is 3.09. The molecule has 1 aliphatic rings. The quantitative estimate of drug-likeness (QED) is 0.768. The van der Waals surface area contributed by atoms with Gasteiger partial charge in [0.05, 0.1) is 19.8 Å². The third-order valence-corrected chi connectivity index (χ3v) is 5.54. The molecule has 2 amide bonds. The van der Waals surface area contributed by atoms with Crippen molar-refractivity contribution in [2.45, 2.75) is 11.6 Å². The summed E-state index contributed by atoms with van der Waals surface area (Å²) >= 11 is 1.55. The van der Waals surface area contributed by atoms with Gasteiger partial charge in [0, 0.05) is 23.5 Å². The zero-order chi connectivity index (χ0) is 20.3. The van der Waals surface area contributed by atoms with Crippen molar-refractivity contribution >= 4 is 23.5 Å². The van der Waals surface area contributed by atoms with Crippen LogP contribution in [0, 0.1) is 0 Å². The van der Waals surface area contributed by atoms with Gasteiger partial charge in [-0.25, -0.2) is 4.79 Å². The Morgan fingerprint density at radius 3 is 2.64 bits per heavy atom. The normalized spacial score (nSPS) is 16.8. The lowest BCUT2D eigenvalue weighted by Gasteiger charge is -2.26. The molecule has 1 saturated heterocycles. The minimum absolute atomic E-state index is 0.0908. The Hall–Kier alpha value is -2.55. The topological polar surface area (TPSA) is 50.8 Å². The molecule has 0 aliphatic carbocycles. The average Bonchev–Trinajstić information content (AvgIpc) is 3.17. The molecule has 2 aromatic rings. The van der Waals surface area contributed by atoms with Crippen molar-refractivity contribution in [1.82, 2.24) is 4.90 Å². The molecule has 0 saturated carbocycles. The molecule has 1 N–H and O–H groups in total. The number of thioether (sulfide) groups is 1. The summed E-state index contributed by atoms with van der Waals surface area (Å²) in [6.07, 6.45) is -4.47. The Morgan fingerprint density at radius 1 is 1.18 bits per heavy atom. The zero-order valence-corrected chi connectivity index (χ0v) is 16.1. The second-order valence-electron chi connectivity index (χ2n) is 6.03. The van der Waals surface area contributed by atoms with Crippen LogP contribution in [0.15, 0.2) is 42.5 Å². The van der Waals surface area contributed by atoms with E-state index in [0.717, 1.165) is 17.7 Å². The molecule has 1 aliphatic heterocycles. The van der Waals surface area contributed by atoms with E-state index in [-0.39, 0.29) is 11.1 Å². The maximum atomic E-state index is 12.9. The first-order valence-corrected chi connectivity index (χ1v) is 9.47. The highest BCUT2D eigenvalue weighted by atomic mass is 32.2. The molecule has 150 valence electrons. The number of nitrogens with zero attached hydrogens (tertiary/aromatic N) is 1. The molecule has 0 bridgehead atoms. The van der Waals surface area contributed by atoms with E-state index in [2.05, 4.69) is 5.32 Å². The number of carbonyl (C=O) groups excluding carboxylic acids is 1. The van der Waals surface area contributed by atoms with Crippen LogP contribution in [0.3, 0.4) is 0 Å². The highest BCUT2D eigenvalue weighted by Gasteiger charge is 2.34. The number of urea groups is 1. The number of rotatable bonds is 4. The second-order valence-corrected chi connectivity index (χ2v) is 7.22. The molecule has 1 unspecified atom stereocenters. The fraction of sp³-hybridized carbons (Fsp3) is 0.316. The molecule has 3 rings (SSSR count). The molecule has 2 aromatic carbocycles. The van der Waals surface area contributed by atoms with E-state index in [1.165, 1.54) is 19.2 Å². The second kappa shape index (κ2) is 8.22.